The Balaban J connectivity index is 2.56. The van der Waals surface area contributed by atoms with Crippen molar-refractivity contribution in [2.75, 3.05) is 0 Å². The maximum absolute atomic E-state index is 2.38. The fraction of sp³-hybridized carbons (Fsp3) is 0. The molecule has 0 saturated carbocycles. The van der Waals surface area contributed by atoms with Crippen LogP contribution < -0.4 is 0 Å². The normalized spacial score (nSPS) is 12.0. The molecule has 3 aromatic heterocycles. The first kappa shape index (κ1) is 9.07. The molecule has 0 unspecified atom stereocenters. The summed E-state index contributed by atoms with van der Waals surface area (Å²) in [6.07, 6.45) is 0. The fourth-order valence-corrected chi connectivity index (χ4v) is 8.95. The summed E-state index contributed by atoms with van der Waals surface area (Å²) >= 11 is 1.79. The van der Waals surface area contributed by atoms with E-state index >= 15 is 0 Å². The standard InChI is InChI=1S/C12H6Se3/c1-4-13-10-7(1)11-9(2-5-14-11)12-8(10)3-6-15-12/h1-6H. The number of hydrogen-bond acceptors (Lipinski definition) is 0. The van der Waals surface area contributed by atoms with Crippen molar-refractivity contribution in [2.45, 2.75) is 0 Å². The number of rotatable bonds is 0. The van der Waals surface area contributed by atoms with Gasteiger partial charge in [-0.3, -0.25) is 0 Å². The second kappa shape index (κ2) is 3.24. The van der Waals surface area contributed by atoms with E-state index in [1.165, 1.54) is 0 Å². The third kappa shape index (κ3) is 1.14. The Morgan fingerprint density at radius 3 is 1.20 bits per heavy atom. The number of fused-ring (bicyclic) bond motifs is 6. The van der Waals surface area contributed by atoms with Crippen LogP contribution in [0.15, 0.2) is 33.0 Å². The minimum atomic E-state index is 0.595. The van der Waals surface area contributed by atoms with E-state index in [1.54, 1.807) is 28.9 Å². The Morgan fingerprint density at radius 1 is 0.533 bits per heavy atom. The molecule has 0 aliphatic rings. The van der Waals surface area contributed by atoms with Gasteiger partial charge in [0.25, 0.3) is 0 Å². The molecular formula is C12H6Se3. The van der Waals surface area contributed by atoms with Crippen LogP contribution in [0.1, 0.15) is 0 Å². The van der Waals surface area contributed by atoms with Gasteiger partial charge < -0.3 is 0 Å². The van der Waals surface area contributed by atoms with Crippen LogP contribution in [0.2, 0.25) is 0 Å². The molecule has 0 amide bonds. The Morgan fingerprint density at radius 2 is 0.867 bits per heavy atom. The summed E-state index contributed by atoms with van der Waals surface area (Å²) in [5.74, 6) is 0. The van der Waals surface area contributed by atoms with Crippen LogP contribution in [0, 0.1) is 0 Å². The number of hydrogen-bond donors (Lipinski definition) is 0. The minimum absolute atomic E-state index is 0.595. The third-order valence-corrected chi connectivity index (χ3v) is 8.69. The second-order valence-electron chi connectivity index (χ2n) is 3.49. The van der Waals surface area contributed by atoms with Crippen molar-refractivity contribution < 1.29 is 0 Å². The van der Waals surface area contributed by atoms with E-state index in [-0.39, 0.29) is 0 Å². The molecule has 72 valence electrons. The summed E-state index contributed by atoms with van der Waals surface area (Å²) in [4.78, 5) is 7.14. The molecule has 1 aromatic carbocycles. The summed E-state index contributed by atoms with van der Waals surface area (Å²) in [7, 11) is 0. The average molecular weight is 387 g/mol. The average Bonchev–Trinajstić information content (AvgIpc) is 2.97. The zero-order valence-electron chi connectivity index (χ0n) is 7.69. The molecular weight excluding hydrogens is 381 g/mol. The van der Waals surface area contributed by atoms with Gasteiger partial charge in [-0.1, -0.05) is 0 Å². The summed E-state index contributed by atoms with van der Waals surface area (Å²) in [6, 6.07) is 7.09. The van der Waals surface area contributed by atoms with E-state index in [0.29, 0.717) is 43.5 Å². The molecule has 0 radical (unpaired) electrons. The Labute approximate surface area is 105 Å². The zero-order valence-corrected chi connectivity index (χ0v) is 12.8. The van der Waals surface area contributed by atoms with E-state index < -0.39 is 0 Å². The summed E-state index contributed by atoms with van der Waals surface area (Å²) in [6.45, 7) is 0. The van der Waals surface area contributed by atoms with Crippen LogP contribution in [0.25, 0.3) is 28.9 Å². The molecule has 0 bridgehead atoms. The number of benzene rings is 1. The van der Waals surface area contributed by atoms with Crippen LogP contribution in [-0.4, -0.2) is 43.5 Å². The first-order chi connectivity index (χ1) is 7.45. The predicted octanol–water partition coefficient (Wildman–Crippen LogP) is 2.32. The molecule has 4 aromatic rings. The molecule has 0 atom stereocenters. The SMILES string of the molecule is c1cc2c([se]1)c1cc[se]c1c1cc[se]c21. The van der Waals surface area contributed by atoms with Crippen LogP contribution in [-0.2, 0) is 0 Å². The first-order valence-electron chi connectivity index (χ1n) is 4.69. The molecule has 0 N–H and O–H groups in total. The van der Waals surface area contributed by atoms with Crippen LogP contribution in [0.4, 0.5) is 0 Å². The van der Waals surface area contributed by atoms with Gasteiger partial charge in [-0.2, -0.15) is 0 Å². The maximum atomic E-state index is 2.38. The molecule has 0 nitrogen and oxygen atoms in total. The van der Waals surface area contributed by atoms with E-state index in [0.717, 1.165) is 0 Å². The fourth-order valence-electron chi connectivity index (χ4n) is 2.09. The van der Waals surface area contributed by atoms with Gasteiger partial charge in [-0.05, 0) is 0 Å². The monoisotopic (exact) mass is 390 g/mol. The van der Waals surface area contributed by atoms with Gasteiger partial charge in [0.1, 0.15) is 0 Å². The van der Waals surface area contributed by atoms with Gasteiger partial charge in [-0.25, -0.2) is 0 Å². The van der Waals surface area contributed by atoms with Crippen molar-refractivity contribution in [1.29, 1.82) is 0 Å². The van der Waals surface area contributed by atoms with Crippen molar-refractivity contribution in [3.05, 3.63) is 33.0 Å². The Hall–Kier alpha value is -0.00156. The molecule has 0 saturated heterocycles. The molecule has 3 heterocycles. The van der Waals surface area contributed by atoms with Gasteiger partial charge in [-0.15, -0.1) is 0 Å². The third-order valence-electron chi connectivity index (χ3n) is 2.73. The van der Waals surface area contributed by atoms with Crippen molar-refractivity contribution in [3.63, 3.8) is 0 Å². The molecule has 0 aliphatic heterocycles. The van der Waals surface area contributed by atoms with Crippen LogP contribution in [0.3, 0.4) is 0 Å². The van der Waals surface area contributed by atoms with E-state index in [9.17, 15) is 0 Å². The van der Waals surface area contributed by atoms with Gasteiger partial charge in [0.05, 0.1) is 0 Å². The molecule has 0 aliphatic carbocycles. The van der Waals surface area contributed by atoms with Gasteiger partial charge in [0.2, 0.25) is 0 Å². The zero-order chi connectivity index (χ0) is 9.83. The Kier molecular flexibility index (Phi) is 1.96. The van der Waals surface area contributed by atoms with Crippen LogP contribution in [0.5, 0.6) is 0 Å². The molecule has 0 fully saturated rings. The van der Waals surface area contributed by atoms with Gasteiger partial charge in [0, 0.05) is 0 Å². The topological polar surface area (TPSA) is 0 Å². The second-order valence-corrected chi connectivity index (χ2v) is 9.26. The van der Waals surface area contributed by atoms with E-state index in [1.807, 2.05) is 0 Å². The molecule has 4 rings (SSSR count). The van der Waals surface area contributed by atoms with Crippen molar-refractivity contribution in [2.24, 2.45) is 0 Å². The molecule has 3 heteroatoms. The van der Waals surface area contributed by atoms with Crippen molar-refractivity contribution in [1.82, 2.24) is 0 Å². The summed E-state index contributed by atoms with van der Waals surface area (Å²) < 4.78 is 4.99. The molecule has 0 spiro atoms. The van der Waals surface area contributed by atoms with Crippen molar-refractivity contribution in [3.8, 4) is 0 Å². The quantitative estimate of drug-likeness (QED) is 0.407. The first-order valence-corrected chi connectivity index (χ1v) is 10.2. The van der Waals surface area contributed by atoms with Gasteiger partial charge >= 0.3 is 105 Å². The van der Waals surface area contributed by atoms with Crippen LogP contribution >= 0.6 is 0 Å². The van der Waals surface area contributed by atoms with Crippen molar-refractivity contribution >= 4 is 72.4 Å². The molecule has 15 heavy (non-hydrogen) atoms. The summed E-state index contributed by atoms with van der Waals surface area (Å²) in [5.41, 5.74) is 0. The predicted molar refractivity (Wildman–Crippen MR) is 69.8 cm³/mol. The van der Waals surface area contributed by atoms with E-state index in [4.69, 9.17) is 0 Å². The van der Waals surface area contributed by atoms with E-state index in [2.05, 4.69) is 33.0 Å². The Bertz CT molecular complexity index is 575. The van der Waals surface area contributed by atoms with Gasteiger partial charge in [0.15, 0.2) is 0 Å². The summed E-state index contributed by atoms with van der Waals surface area (Å²) in [5, 5.41) is 4.74.